The highest BCUT2D eigenvalue weighted by atomic mass is 35.5. The summed E-state index contributed by atoms with van der Waals surface area (Å²) in [6.45, 7) is 1.95. The number of aromatic nitrogens is 3. The summed E-state index contributed by atoms with van der Waals surface area (Å²) in [6, 6.07) is 4.72. The number of benzene rings is 1. The second-order valence-corrected chi connectivity index (χ2v) is 10.3. The Bertz CT molecular complexity index is 1380. The van der Waals surface area contributed by atoms with Crippen LogP contribution in [0.15, 0.2) is 29.9 Å². The predicted octanol–water partition coefficient (Wildman–Crippen LogP) is 4.04. The van der Waals surface area contributed by atoms with Gasteiger partial charge in [0, 0.05) is 21.6 Å². The van der Waals surface area contributed by atoms with Gasteiger partial charge in [-0.3, -0.25) is 0 Å². The number of nitrogens with two attached hydrogens (primary N) is 2. The molecule has 1 aliphatic rings. The number of aliphatic hydroxyl groups is 2. The molecular weight excluding hydrogens is 465 g/mol. The molecule has 5 rings (SSSR count). The summed E-state index contributed by atoms with van der Waals surface area (Å²) in [7, 11) is 0. The SMILES string of the molecule is C[C@]1(CCc2cc(F)c3cc(Cl)c(N)nc3c2)C[C@@H](c2scc3c(N)ncnc23)[C@H](O)[C@@H]1O. The molecule has 1 fully saturated rings. The standard InChI is InChI=1S/C23H23ClFN5O2S/c1-23(3-2-10-4-15(25)11-6-14(24)22(27)30-16(11)5-10)7-12(18(31)20(23)32)19-17-13(8-33-19)21(26)29-9-28-17/h4-6,8-9,12,18,20,31-32H,2-3,7H2,1H3,(H2,27,30)(H2,26,28,29)/t12-,18+,20+,23+/m1/s1. The second-order valence-electron chi connectivity index (χ2n) is 9.02. The number of nitrogen functional groups attached to an aromatic ring is 2. The quantitative estimate of drug-likeness (QED) is 0.341. The van der Waals surface area contributed by atoms with Crippen LogP contribution in [-0.4, -0.2) is 37.4 Å². The molecule has 3 aromatic heterocycles. The molecular formula is C23H23ClFN5O2S. The van der Waals surface area contributed by atoms with E-state index in [4.69, 9.17) is 23.1 Å². The van der Waals surface area contributed by atoms with Gasteiger partial charge in [0.05, 0.1) is 33.7 Å². The van der Waals surface area contributed by atoms with Crippen LogP contribution in [-0.2, 0) is 6.42 Å². The van der Waals surface area contributed by atoms with Crippen molar-refractivity contribution < 1.29 is 14.6 Å². The van der Waals surface area contributed by atoms with Crippen molar-refractivity contribution in [2.24, 2.45) is 5.41 Å². The van der Waals surface area contributed by atoms with Gasteiger partial charge >= 0.3 is 0 Å². The number of aliphatic hydroxyl groups excluding tert-OH is 2. The number of rotatable bonds is 4. The van der Waals surface area contributed by atoms with Crippen molar-refractivity contribution in [3.63, 3.8) is 0 Å². The fraction of sp³-hybridized carbons (Fsp3) is 0.348. The maximum atomic E-state index is 14.7. The highest BCUT2D eigenvalue weighted by molar-refractivity contribution is 7.11. The van der Waals surface area contributed by atoms with Gasteiger partial charge in [0.25, 0.3) is 0 Å². The van der Waals surface area contributed by atoms with E-state index in [0.29, 0.717) is 41.5 Å². The van der Waals surface area contributed by atoms with Crippen molar-refractivity contribution >= 4 is 56.4 Å². The van der Waals surface area contributed by atoms with E-state index in [1.54, 1.807) is 6.07 Å². The minimum absolute atomic E-state index is 0.150. The van der Waals surface area contributed by atoms with Gasteiger partial charge in [-0.25, -0.2) is 19.3 Å². The number of hydrogen-bond donors (Lipinski definition) is 4. The van der Waals surface area contributed by atoms with Crippen molar-refractivity contribution in [2.75, 3.05) is 11.5 Å². The number of fused-ring (bicyclic) bond motifs is 2. The third-order valence-corrected chi connectivity index (χ3v) is 8.24. The fourth-order valence-electron chi connectivity index (χ4n) is 4.89. The van der Waals surface area contributed by atoms with E-state index in [1.165, 1.54) is 29.8 Å². The van der Waals surface area contributed by atoms with Crippen LogP contribution in [0.3, 0.4) is 0 Å². The lowest BCUT2D eigenvalue weighted by atomic mass is 9.80. The third-order valence-electron chi connectivity index (χ3n) is 6.83. The normalized spacial score (nSPS) is 25.3. The molecule has 0 saturated heterocycles. The summed E-state index contributed by atoms with van der Waals surface area (Å²) >= 11 is 7.44. The average Bonchev–Trinajstić information content (AvgIpc) is 3.30. The number of halogens is 2. The molecule has 10 heteroatoms. The molecule has 33 heavy (non-hydrogen) atoms. The topological polar surface area (TPSA) is 131 Å². The Morgan fingerprint density at radius 1 is 1.18 bits per heavy atom. The maximum Gasteiger partial charge on any atom is 0.142 e. The minimum Gasteiger partial charge on any atom is -0.390 e. The van der Waals surface area contributed by atoms with Crippen LogP contribution in [0.2, 0.25) is 5.02 Å². The molecule has 0 radical (unpaired) electrons. The molecule has 0 unspecified atom stereocenters. The van der Waals surface area contributed by atoms with Crippen LogP contribution in [0.4, 0.5) is 16.0 Å². The Balaban J connectivity index is 1.40. The molecule has 4 atom stereocenters. The van der Waals surface area contributed by atoms with Gasteiger partial charge in [0.1, 0.15) is 23.8 Å². The fourth-order valence-corrected chi connectivity index (χ4v) is 6.19. The highest BCUT2D eigenvalue weighted by Crippen LogP contribution is 2.51. The lowest BCUT2D eigenvalue weighted by molar-refractivity contribution is -0.0200. The lowest BCUT2D eigenvalue weighted by Crippen LogP contribution is -2.34. The van der Waals surface area contributed by atoms with Crippen molar-refractivity contribution in [1.29, 1.82) is 0 Å². The molecule has 7 nitrogen and oxygen atoms in total. The van der Waals surface area contributed by atoms with Crippen molar-refractivity contribution in [2.45, 2.75) is 44.3 Å². The van der Waals surface area contributed by atoms with E-state index in [0.717, 1.165) is 15.8 Å². The zero-order valence-corrected chi connectivity index (χ0v) is 19.4. The van der Waals surface area contributed by atoms with E-state index in [1.807, 2.05) is 12.3 Å². The van der Waals surface area contributed by atoms with Gasteiger partial charge in [-0.2, -0.15) is 0 Å². The molecule has 0 bridgehead atoms. The monoisotopic (exact) mass is 487 g/mol. The summed E-state index contributed by atoms with van der Waals surface area (Å²) in [6.07, 6.45) is 1.15. The van der Waals surface area contributed by atoms with E-state index in [2.05, 4.69) is 15.0 Å². The van der Waals surface area contributed by atoms with E-state index < -0.39 is 23.4 Å². The first-order valence-electron chi connectivity index (χ1n) is 10.6. The summed E-state index contributed by atoms with van der Waals surface area (Å²) in [5.74, 6) is -0.155. The number of hydrogen-bond acceptors (Lipinski definition) is 8. The van der Waals surface area contributed by atoms with Gasteiger partial charge in [-0.15, -0.1) is 11.3 Å². The Morgan fingerprint density at radius 2 is 1.97 bits per heavy atom. The first kappa shape index (κ1) is 22.2. The number of nitrogens with zero attached hydrogens (tertiary/aromatic N) is 3. The minimum atomic E-state index is -0.940. The maximum absolute atomic E-state index is 14.7. The van der Waals surface area contributed by atoms with Gasteiger partial charge in [0.2, 0.25) is 0 Å². The first-order valence-corrected chi connectivity index (χ1v) is 11.8. The Hall–Kier alpha value is -2.59. The Labute approximate surface area is 198 Å². The number of pyridine rings is 1. The summed E-state index contributed by atoms with van der Waals surface area (Å²) in [4.78, 5) is 13.5. The first-order chi connectivity index (χ1) is 15.7. The van der Waals surface area contributed by atoms with Gasteiger partial charge in [0.15, 0.2) is 0 Å². The number of aryl methyl sites for hydroxylation is 1. The van der Waals surface area contributed by atoms with Crippen LogP contribution in [0, 0.1) is 11.2 Å². The molecule has 0 amide bonds. The third kappa shape index (κ3) is 3.69. The molecule has 4 aromatic rings. The lowest BCUT2D eigenvalue weighted by Gasteiger charge is -2.28. The van der Waals surface area contributed by atoms with Crippen LogP contribution < -0.4 is 11.5 Å². The van der Waals surface area contributed by atoms with E-state index in [-0.39, 0.29) is 16.8 Å². The highest BCUT2D eigenvalue weighted by Gasteiger charge is 2.50. The molecule has 1 aliphatic carbocycles. The molecule has 1 saturated carbocycles. The van der Waals surface area contributed by atoms with Crippen molar-refractivity contribution in [3.05, 3.63) is 51.2 Å². The summed E-state index contributed by atoms with van der Waals surface area (Å²) in [5, 5.41) is 25.0. The van der Waals surface area contributed by atoms with E-state index in [9.17, 15) is 14.6 Å². The largest absolute Gasteiger partial charge is 0.390 e. The predicted molar refractivity (Wildman–Crippen MR) is 129 cm³/mol. The number of thiophene rings is 1. The second kappa shape index (κ2) is 8.02. The molecule has 0 aliphatic heterocycles. The van der Waals surface area contributed by atoms with Gasteiger partial charge < -0.3 is 21.7 Å². The molecule has 0 spiro atoms. The van der Waals surface area contributed by atoms with Crippen LogP contribution in [0.25, 0.3) is 21.8 Å². The zero-order chi connectivity index (χ0) is 23.5. The van der Waals surface area contributed by atoms with Crippen LogP contribution >= 0.6 is 22.9 Å². The molecule has 172 valence electrons. The van der Waals surface area contributed by atoms with E-state index >= 15 is 0 Å². The Kier molecular flexibility index (Phi) is 5.40. The Morgan fingerprint density at radius 3 is 2.76 bits per heavy atom. The van der Waals surface area contributed by atoms with Crippen molar-refractivity contribution in [1.82, 2.24) is 15.0 Å². The van der Waals surface area contributed by atoms with Crippen LogP contribution in [0.5, 0.6) is 0 Å². The molecule has 3 heterocycles. The van der Waals surface area contributed by atoms with Crippen LogP contribution in [0.1, 0.15) is 36.1 Å². The van der Waals surface area contributed by atoms with Crippen molar-refractivity contribution in [3.8, 4) is 0 Å². The smallest absolute Gasteiger partial charge is 0.142 e. The number of anilines is 2. The molecule has 6 N–H and O–H groups in total. The van der Waals surface area contributed by atoms with Gasteiger partial charge in [-0.05, 0) is 48.4 Å². The molecule has 1 aromatic carbocycles. The average molecular weight is 488 g/mol. The summed E-state index contributed by atoms with van der Waals surface area (Å²) in [5.41, 5.74) is 13.1. The van der Waals surface area contributed by atoms with Gasteiger partial charge in [-0.1, -0.05) is 18.5 Å². The summed E-state index contributed by atoms with van der Waals surface area (Å²) < 4.78 is 14.7. The zero-order valence-electron chi connectivity index (χ0n) is 17.8.